The van der Waals surface area contributed by atoms with Crippen LogP contribution in [0.3, 0.4) is 0 Å². The van der Waals surface area contributed by atoms with Crippen LogP contribution in [0.5, 0.6) is 0 Å². The standard InChI is InChI=1S/C13H22F3N3O2/c1-12(2)9-17(10-13(14,15)16)3-4-19(12)11(20)18-5-7-21-8-6-18/h3-10H2,1-2H3. The summed E-state index contributed by atoms with van der Waals surface area (Å²) in [6.07, 6.45) is -4.20. The number of ether oxygens (including phenoxy) is 1. The van der Waals surface area contributed by atoms with Crippen LogP contribution in [-0.4, -0.2) is 84.9 Å². The van der Waals surface area contributed by atoms with Crippen molar-refractivity contribution in [1.82, 2.24) is 14.7 Å². The maximum atomic E-state index is 12.5. The lowest BCUT2D eigenvalue weighted by molar-refractivity contribution is -0.153. The second-order valence-corrected chi connectivity index (χ2v) is 6.17. The molecule has 0 aliphatic carbocycles. The van der Waals surface area contributed by atoms with Gasteiger partial charge in [-0.05, 0) is 13.8 Å². The maximum Gasteiger partial charge on any atom is 0.401 e. The highest BCUT2D eigenvalue weighted by molar-refractivity contribution is 5.75. The van der Waals surface area contributed by atoms with Gasteiger partial charge >= 0.3 is 12.2 Å². The molecule has 0 aromatic carbocycles. The van der Waals surface area contributed by atoms with Crippen molar-refractivity contribution in [2.24, 2.45) is 0 Å². The number of hydrogen-bond donors (Lipinski definition) is 0. The molecule has 21 heavy (non-hydrogen) atoms. The second-order valence-electron chi connectivity index (χ2n) is 6.17. The monoisotopic (exact) mass is 309 g/mol. The van der Waals surface area contributed by atoms with Crippen molar-refractivity contribution in [3.63, 3.8) is 0 Å². The molecule has 122 valence electrons. The summed E-state index contributed by atoms with van der Waals surface area (Å²) in [6, 6.07) is -0.102. The third-order valence-corrected chi connectivity index (χ3v) is 3.90. The average Bonchev–Trinajstić information content (AvgIpc) is 2.36. The van der Waals surface area contributed by atoms with Gasteiger partial charge in [-0.2, -0.15) is 13.2 Å². The third kappa shape index (κ3) is 4.23. The highest BCUT2D eigenvalue weighted by atomic mass is 19.4. The molecule has 2 aliphatic rings. The summed E-state index contributed by atoms with van der Waals surface area (Å²) in [5.74, 6) is 0. The van der Waals surface area contributed by atoms with Gasteiger partial charge in [-0.1, -0.05) is 0 Å². The second kappa shape index (κ2) is 6.00. The first-order chi connectivity index (χ1) is 9.69. The van der Waals surface area contributed by atoms with Gasteiger partial charge in [0.15, 0.2) is 0 Å². The molecule has 2 amide bonds. The topological polar surface area (TPSA) is 36.0 Å². The zero-order valence-corrected chi connectivity index (χ0v) is 12.4. The molecule has 5 nitrogen and oxygen atoms in total. The lowest BCUT2D eigenvalue weighted by atomic mass is 9.99. The van der Waals surface area contributed by atoms with Crippen molar-refractivity contribution >= 4 is 6.03 Å². The van der Waals surface area contributed by atoms with Gasteiger partial charge in [0.2, 0.25) is 0 Å². The van der Waals surface area contributed by atoms with Gasteiger partial charge in [-0.3, -0.25) is 4.90 Å². The fourth-order valence-electron chi connectivity index (χ4n) is 2.92. The normalized spacial score (nSPS) is 24.2. The Morgan fingerprint density at radius 2 is 1.76 bits per heavy atom. The molecule has 0 radical (unpaired) electrons. The van der Waals surface area contributed by atoms with Crippen LogP contribution in [0, 0.1) is 0 Å². The van der Waals surface area contributed by atoms with Crippen LogP contribution in [0.1, 0.15) is 13.8 Å². The number of piperazine rings is 1. The Kier molecular flexibility index (Phi) is 4.67. The molecular weight excluding hydrogens is 287 g/mol. The molecule has 2 heterocycles. The van der Waals surface area contributed by atoms with E-state index in [2.05, 4.69) is 0 Å². The number of halogens is 3. The van der Waals surface area contributed by atoms with Crippen molar-refractivity contribution in [3.05, 3.63) is 0 Å². The van der Waals surface area contributed by atoms with E-state index in [0.29, 0.717) is 32.8 Å². The first-order valence-electron chi connectivity index (χ1n) is 7.12. The molecule has 0 saturated carbocycles. The predicted octanol–water partition coefficient (Wildman–Crippen LogP) is 1.40. The molecule has 2 saturated heterocycles. The molecule has 0 bridgehead atoms. The van der Waals surface area contributed by atoms with Crippen molar-refractivity contribution in [2.75, 3.05) is 52.5 Å². The van der Waals surface area contributed by atoms with E-state index in [9.17, 15) is 18.0 Å². The Morgan fingerprint density at radius 1 is 1.14 bits per heavy atom. The summed E-state index contributed by atoms with van der Waals surface area (Å²) >= 11 is 0. The minimum absolute atomic E-state index is 0.102. The molecule has 2 aliphatic heterocycles. The SMILES string of the molecule is CC1(C)CN(CC(F)(F)F)CCN1C(=O)N1CCOCC1. The zero-order chi connectivity index (χ0) is 15.7. The van der Waals surface area contributed by atoms with Crippen LogP contribution in [0.15, 0.2) is 0 Å². The van der Waals surface area contributed by atoms with Gasteiger partial charge < -0.3 is 14.5 Å². The Hall–Kier alpha value is -1.02. The van der Waals surface area contributed by atoms with Crippen LogP contribution < -0.4 is 0 Å². The van der Waals surface area contributed by atoms with Crippen molar-refractivity contribution in [1.29, 1.82) is 0 Å². The number of nitrogens with zero attached hydrogens (tertiary/aromatic N) is 3. The molecule has 8 heteroatoms. The summed E-state index contributed by atoms with van der Waals surface area (Å²) in [5.41, 5.74) is -0.612. The minimum Gasteiger partial charge on any atom is -0.378 e. The minimum atomic E-state index is -4.20. The van der Waals surface area contributed by atoms with E-state index >= 15 is 0 Å². The molecular formula is C13H22F3N3O2. The van der Waals surface area contributed by atoms with E-state index in [1.54, 1.807) is 9.80 Å². The Labute approximate surface area is 122 Å². The fourth-order valence-corrected chi connectivity index (χ4v) is 2.92. The van der Waals surface area contributed by atoms with Crippen LogP contribution in [0.4, 0.5) is 18.0 Å². The van der Waals surface area contributed by atoms with Crippen molar-refractivity contribution < 1.29 is 22.7 Å². The van der Waals surface area contributed by atoms with E-state index in [1.165, 1.54) is 4.90 Å². The van der Waals surface area contributed by atoms with Crippen molar-refractivity contribution in [2.45, 2.75) is 25.6 Å². The number of alkyl halides is 3. The van der Waals surface area contributed by atoms with E-state index in [1.807, 2.05) is 13.8 Å². The summed E-state index contributed by atoms with van der Waals surface area (Å²) in [4.78, 5) is 17.3. The Balaban J connectivity index is 1.98. The number of urea groups is 1. The summed E-state index contributed by atoms with van der Waals surface area (Å²) in [5, 5.41) is 0. The molecule has 2 fully saturated rings. The lowest BCUT2D eigenvalue weighted by Gasteiger charge is -2.48. The quantitative estimate of drug-likeness (QED) is 0.734. The Bertz CT molecular complexity index is 381. The van der Waals surface area contributed by atoms with E-state index in [0.717, 1.165) is 0 Å². The summed E-state index contributed by atoms with van der Waals surface area (Å²) < 4.78 is 42.7. The van der Waals surface area contributed by atoms with E-state index in [-0.39, 0.29) is 19.1 Å². The van der Waals surface area contributed by atoms with Gasteiger partial charge in [-0.15, -0.1) is 0 Å². The van der Waals surface area contributed by atoms with Crippen LogP contribution in [0.2, 0.25) is 0 Å². The molecule has 0 N–H and O–H groups in total. The van der Waals surface area contributed by atoms with Crippen LogP contribution in [-0.2, 0) is 4.74 Å². The molecule has 0 aromatic rings. The lowest BCUT2D eigenvalue weighted by Crippen LogP contribution is -2.64. The van der Waals surface area contributed by atoms with Gasteiger partial charge in [0.1, 0.15) is 0 Å². The fraction of sp³-hybridized carbons (Fsp3) is 0.923. The Morgan fingerprint density at radius 3 is 2.29 bits per heavy atom. The maximum absolute atomic E-state index is 12.5. The smallest absolute Gasteiger partial charge is 0.378 e. The number of rotatable bonds is 1. The summed E-state index contributed by atoms with van der Waals surface area (Å²) in [7, 11) is 0. The molecule has 0 aromatic heterocycles. The molecule has 0 atom stereocenters. The summed E-state index contributed by atoms with van der Waals surface area (Å²) in [6.45, 7) is 5.61. The number of morpholine rings is 1. The van der Waals surface area contributed by atoms with Crippen LogP contribution in [0.25, 0.3) is 0 Å². The highest BCUT2D eigenvalue weighted by Crippen LogP contribution is 2.25. The molecule has 0 unspecified atom stereocenters. The van der Waals surface area contributed by atoms with Crippen molar-refractivity contribution in [3.8, 4) is 0 Å². The first kappa shape index (κ1) is 16.4. The zero-order valence-electron chi connectivity index (χ0n) is 12.4. The largest absolute Gasteiger partial charge is 0.401 e. The number of hydrogen-bond acceptors (Lipinski definition) is 3. The van der Waals surface area contributed by atoms with Gasteiger partial charge in [0.25, 0.3) is 0 Å². The number of amides is 2. The molecule has 2 rings (SSSR count). The highest BCUT2D eigenvalue weighted by Gasteiger charge is 2.41. The van der Waals surface area contributed by atoms with E-state index in [4.69, 9.17) is 4.74 Å². The average molecular weight is 309 g/mol. The van der Waals surface area contributed by atoms with Crippen LogP contribution >= 0.6 is 0 Å². The first-order valence-corrected chi connectivity index (χ1v) is 7.12. The number of carbonyl (C=O) groups is 1. The van der Waals surface area contributed by atoms with Gasteiger partial charge in [-0.25, -0.2) is 4.79 Å². The molecule has 0 spiro atoms. The van der Waals surface area contributed by atoms with Gasteiger partial charge in [0, 0.05) is 32.7 Å². The van der Waals surface area contributed by atoms with E-state index < -0.39 is 18.3 Å². The predicted molar refractivity (Wildman–Crippen MR) is 71.1 cm³/mol. The van der Waals surface area contributed by atoms with Gasteiger partial charge in [0.05, 0.1) is 25.3 Å². The number of carbonyl (C=O) groups excluding carboxylic acids is 1. The third-order valence-electron chi connectivity index (χ3n) is 3.90.